The zero-order chi connectivity index (χ0) is 10.8. The van der Waals surface area contributed by atoms with Crippen LogP contribution in [0.5, 0.6) is 0 Å². The van der Waals surface area contributed by atoms with E-state index < -0.39 is 6.29 Å². The van der Waals surface area contributed by atoms with Crippen LogP contribution in [0.3, 0.4) is 0 Å². The van der Waals surface area contributed by atoms with Crippen LogP contribution < -0.4 is 0 Å². The molecular formula is C10H20O4. The summed E-state index contributed by atoms with van der Waals surface area (Å²) in [6.07, 6.45) is 1.54. The molecule has 0 aromatic rings. The first-order chi connectivity index (χ1) is 6.70. The van der Waals surface area contributed by atoms with E-state index in [2.05, 4.69) is 6.92 Å². The van der Waals surface area contributed by atoms with Crippen molar-refractivity contribution in [3.63, 3.8) is 0 Å². The molecule has 0 radical (unpaired) electrons. The predicted molar refractivity (Wildman–Crippen MR) is 52.9 cm³/mol. The summed E-state index contributed by atoms with van der Waals surface area (Å²) in [4.78, 5) is 11.1. The van der Waals surface area contributed by atoms with Gasteiger partial charge in [-0.1, -0.05) is 13.3 Å². The Morgan fingerprint density at radius 3 is 2.64 bits per heavy atom. The fourth-order valence-corrected chi connectivity index (χ4v) is 0.890. The largest absolute Gasteiger partial charge is 0.434 e. The molecule has 0 rings (SSSR count). The second kappa shape index (κ2) is 8.97. The fraction of sp³-hybridized carbons (Fsp3) is 0.900. The minimum atomic E-state index is -0.484. The van der Waals surface area contributed by atoms with Gasteiger partial charge >= 0.3 is 5.97 Å². The number of ether oxygens (including phenoxy) is 3. The quantitative estimate of drug-likeness (QED) is 0.343. The third-order valence-electron chi connectivity index (χ3n) is 1.56. The first-order valence-electron chi connectivity index (χ1n) is 5.09. The van der Waals surface area contributed by atoms with Gasteiger partial charge in [0.25, 0.3) is 0 Å². The van der Waals surface area contributed by atoms with Crippen LogP contribution in [0.15, 0.2) is 0 Å². The molecule has 0 bridgehead atoms. The second-order valence-electron chi connectivity index (χ2n) is 2.92. The Morgan fingerprint density at radius 2 is 2.07 bits per heavy atom. The van der Waals surface area contributed by atoms with Gasteiger partial charge in [0.2, 0.25) is 0 Å². The van der Waals surface area contributed by atoms with E-state index in [1.165, 1.54) is 0 Å². The highest BCUT2D eigenvalue weighted by molar-refractivity contribution is 5.70. The zero-order valence-corrected chi connectivity index (χ0v) is 9.25. The van der Waals surface area contributed by atoms with Crippen molar-refractivity contribution in [1.82, 2.24) is 0 Å². The van der Waals surface area contributed by atoms with E-state index >= 15 is 0 Å². The van der Waals surface area contributed by atoms with Crippen LogP contribution in [0.4, 0.5) is 0 Å². The number of hydrogen-bond donors (Lipinski definition) is 0. The summed E-state index contributed by atoms with van der Waals surface area (Å²) in [5, 5.41) is 0. The first-order valence-corrected chi connectivity index (χ1v) is 5.09. The molecule has 84 valence electrons. The van der Waals surface area contributed by atoms with Gasteiger partial charge in [-0.15, -0.1) is 0 Å². The summed E-state index contributed by atoms with van der Waals surface area (Å²) < 4.78 is 15.0. The summed E-state index contributed by atoms with van der Waals surface area (Å²) in [5.74, 6) is -0.373. The number of carbonyl (C=O) groups is 1. The monoisotopic (exact) mass is 204 g/mol. The Kier molecular flexibility index (Phi) is 8.57. The molecule has 0 aliphatic carbocycles. The van der Waals surface area contributed by atoms with Crippen molar-refractivity contribution in [3.8, 4) is 0 Å². The minimum Gasteiger partial charge on any atom is -0.434 e. The van der Waals surface area contributed by atoms with Crippen LogP contribution in [-0.2, 0) is 19.0 Å². The standard InChI is InChI=1S/C10H20O4/c1-4-6-7-12-8-10(11)14-9(3)13-5-2/h9H,4-8H2,1-3H3. The SMILES string of the molecule is CCCCOCC(=O)OC(C)OCC. The Bertz CT molecular complexity index is 147. The predicted octanol–water partition coefficient (Wildman–Crippen LogP) is 1.73. The molecule has 0 aromatic heterocycles. The van der Waals surface area contributed by atoms with Crippen molar-refractivity contribution >= 4 is 5.97 Å². The van der Waals surface area contributed by atoms with Crippen molar-refractivity contribution in [3.05, 3.63) is 0 Å². The van der Waals surface area contributed by atoms with E-state index in [4.69, 9.17) is 14.2 Å². The number of carbonyl (C=O) groups excluding carboxylic acids is 1. The Hall–Kier alpha value is -0.610. The highest BCUT2D eigenvalue weighted by Gasteiger charge is 2.08. The summed E-state index contributed by atoms with van der Waals surface area (Å²) in [7, 11) is 0. The number of unbranched alkanes of at least 4 members (excludes halogenated alkanes) is 1. The van der Waals surface area contributed by atoms with Gasteiger partial charge < -0.3 is 14.2 Å². The van der Waals surface area contributed by atoms with Gasteiger partial charge in [0.1, 0.15) is 6.61 Å². The molecule has 0 aromatic carbocycles. The number of rotatable bonds is 8. The lowest BCUT2D eigenvalue weighted by atomic mass is 10.4. The Balaban J connectivity index is 3.35. The van der Waals surface area contributed by atoms with Crippen LogP contribution in [0.25, 0.3) is 0 Å². The molecule has 0 spiro atoms. The van der Waals surface area contributed by atoms with E-state index in [0.29, 0.717) is 13.2 Å². The number of esters is 1. The lowest BCUT2D eigenvalue weighted by Gasteiger charge is -2.12. The first kappa shape index (κ1) is 13.4. The zero-order valence-electron chi connectivity index (χ0n) is 9.25. The second-order valence-corrected chi connectivity index (χ2v) is 2.92. The van der Waals surface area contributed by atoms with Gasteiger partial charge in [-0.25, -0.2) is 4.79 Å². The van der Waals surface area contributed by atoms with Gasteiger partial charge in [0.05, 0.1) is 0 Å². The van der Waals surface area contributed by atoms with Crippen molar-refractivity contribution in [2.24, 2.45) is 0 Å². The maximum atomic E-state index is 11.1. The van der Waals surface area contributed by atoms with Crippen LogP contribution in [0, 0.1) is 0 Å². The van der Waals surface area contributed by atoms with Crippen LogP contribution in [-0.4, -0.2) is 32.1 Å². The average Bonchev–Trinajstić information content (AvgIpc) is 2.13. The van der Waals surface area contributed by atoms with E-state index in [1.807, 2.05) is 6.92 Å². The molecule has 4 heteroatoms. The lowest BCUT2D eigenvalue weighted by Crippen LogP contribution is -2.21. The molecule has 14 heavy (non-hydrogen) atoms. The molecule has 4 nitrogen and oxygen atoms in total. The molecular weight excluding hydrogens is 184 g/mol. The molecule has 0 amide bonds. The summed E-state index contributed by atoms with van der Waals surface area (Å²) in [6.45, 7) is 6.76. The van der Waals surface area contributed by atoms with E-state index in [0.717, 1.165) is 12.8 Å². The maximum Gasteiger partial charge on any atom is 0.334 e. The summed E-state index contributed by atoms with van der Waals surface area (Å²) >= 11 is 0. The van der Waals surface area contributed by atoms with Crippen LogP contribution in [0.2, 0.25) is 0 Å². The van der Waals surface area contributed by atoms with Crippen molar-refractivity contribution in [2.75, 3.05) is 19.8 Å². The Morgan fingerprint density at radius 1 is 1.36 bits per heavy atom. The topological polar surface area (TPSA) is 44.8 Å². The third kappa shape index (κ3) is 8.01. The number of hydrogen-bond acceptors (Lipinski definition) is 4. The molecule has 0 N–H and O–H groups in total. The van der Waals surface area contributed by atoms with Crippen LogP contribution in [0.1, 0.15) is 33.6 Å². The average molecular weight is 204 g/mol. The molecule has 1 unspecified atom stereocenters. The van der Waals surface area contributed by atoms with Crippen molar-refractivity contribution in [2.45, 2.75) is 39.9 Å². The summed E-state index contributed by atoms with van der Waals surface area (Å²) in [5.41, 5.74) is 0. The molecule has 0 saturated carbocycles. The highest BCUT2D eigenvalue weighted by atomic mass is 16.7. The maximum absolute atomic E-state index is 11.1. The molecule has 0 aliphatic heterocycles. The summed E-state index contributed by atoms with van der Waals surface area (Å²) in [6, 6.07) is 0. The normalized spacial score (nSPS) is 12.5. The van der Waals surface area contributed by atoms with Crippen LogP contribution >= 0.6 is 0 Å². The fourth-order valence-electron chi connectivity index (χ4n) is 0.890. The van der Waals surface area contributed by atoms with Gasteiger partial charge in [0.15, 0.2) is 6.29 Å². The minimum absolute atomic E-state index is 0.0113. The lowest BCUT2D eigenvalue weighted by molar-refractivity contribution is -0.178. The molecule has 1 atom stereocenters. The smallest absolute Gasteiger partial charge is 0.334 e. The van der Waals surface area contributed by atoms with E-state index in [9.17, 15) is 4.79 Å². The van der Waals surface area contributed by atoms with Gasteiger partial charge in [0, 0.05) is 13.2 Å². The molecule has 0 aliphatic rings. The van der Waals surface area contributed by atoms with Crippen molar-refractivity contribution in [1.29, 1.82) is 0 Å². The van der Waals surface area contributed by atoms with Gasteiger partial charge in [-0.3, -0.25) is 0 Å². The molecule has 0 saturated heterocycles. The highest BCUT2D eigenvalue weighted by Crippen LogP contribution is 1.95. The third-order valence-corrected chi connectivity index (χ3v) is 1.56. The van der Waals surface area contributed by atoms with E-state index in [1.54, 1.807) is 6.92 Å². The van der Waals surface area contributed by atoms with Crippen molar-refractivity contribution < 1.29 is 19.0 Å². The van der Waals surface area contributed by atoms with Gasteiger partial charge in [-0.05, 0) is 20.3 Å². The molecule has 0 fully saturated rings. The van der Waals surface area contributed by atoms with Gasteiger partial charge in [-0.2, -0.15) is 0 Å². The van der Waals surface area contributed by atoms with E-state index in [-0.39, 0.29) is 12.6 Å². The molecule has 0 heterocycles. The Labute approximate surface area is 85.5 Å².